The van der Waals surface area contributed by atoms with E-state index in [1.54, 1.807) is 0 Å². The highest BCUT2D eigenvalue weighted by Gasteiger charge is 2.10. The van der Waals surface area contributed by atoms with Crippen LogP contribution in [0.2, 0.25) is 0 Å². The van der Waals surface area contributed by atoms with Crippen molar-refractivity contribution in [3.63, 3.8) is 0 Å². The van der Waals surface area contributed by atoms with Crippen molar-refractivity contribution in [3.05, 3.63) is 23.8 Å². The van der Waals surface area contributed by atoms with Gasteiger partial charge in [-0.2, -0.15) is 0 Å². The Bertz CT molecular complexity index is 829. The summed E-state index contributed by atoms with van der Waals surface area (Å²) in [5, 5.41) is 15.4. The lowest BCUT2D eigenvalue weighted by Gasteiger charge is -1.98. The molecule has 23 heavy (non-hydrogen) atoms. The van der Waals surface area contributed by atoms with E-state index < -0.39 is 0 Å². The molecule has 0 spiro atoms. The van der Waals surface area contributed by atoms with Gasteiger partial charge in [-0.25, -0.2) is 4.98 Å². The number of hydrogen-bond donors (Lipinski definition) is 2. The Hall–Kier alpha value is -1.71. The molecule has 9 heteroatoms. The summed E-state index contributed by atoms with van der Waals surface area (Å²) in [6.45, 7) is 4.84. The van der Waals surface area contributed by atoms with Crippen LogP contribution >= 0.6 is 34.4 Å². The number of rotatable bonds is 6. The Morgan fingerprint density at radius 2 is 2.13 bits per heavy atom. The smallest absolute Gasteiger partial charge is 0.236 e. The van der Waals surface area contributed by atoms with E-state index in [1.807, 2.05) is 26.0 Å². The molecule has 1 aromatic carbocycles. The molecule has 0 unspecified atom stereocenters. The van der Waals surface area contributed by atoms with Crippen molar-refractivity contribution in [2.45, 2.75) is 18.2 Å². The lowest BCUT2D eigenvalue weighted by molar-refractivity contribution is -0.113. The number of anilines is 2. The second-order valence-corrected chi connectivity index (χ2v) is 7.96. The van der Waals surface area contributed by atoms with Crippen molar-refractivity contribution in [2.24, 2.45) is 0 Å². The number of thiazole rings is 1. The van der Waals surface area contributed by atoms with Gasteiger partial charge in [0.2, 0.25) is 11.0 Å². The summed E-state index contributed by atoms with van der Waals surface area (Å²) < 4.78 is 1.85. The van der Waals surface area contributed by atoms with Gasteiger partial charge in [0.05, 0.1) is 16.0 Å². The van der Waals surface area contributed by atoms with Gasteiger partial charge < -0.3 is 10.6 Å². The van der Waals surface area contributed by atoms with Crippen LogP contribution in [0.4, 0.5) is 10.3 Å². The van der Waals surface area contributed by atoms with Crippen LogP contribution in [0.1, 0.15) is 12.5 Å². The first kappa shape index (κ1) is 16.2. The van der Waals surface area contributed by atoms with Gasteiger partial charge in [0.15, 0.2) is 9.47 Å². The molecule has 1 amide bonds. The third kappa shape index (κ3) is 4.18. The van der Waals surface area contributed by atoms with Gasteiger partial charge in [0.25, 0.3) is 0 Å². The number of benzene rings is 1. The first-order chi connectivity index (χ1) is 11.1. The summed E-state index contributed by atoms with van der Waals surface area (Å²) in [5.41, 5.74) is 2.09. The Morgan fingerprint density at radius 3 is 2.96 bits per heavy atom. The maximum absolute atomic E-state index is 12.0. The maximum atomic E-state index is 12.0. The van der Waals surface area contributed by atoms with Gasteiger partial charge in [0.1, 0.15) is 0 Å². The minimum Gasteiger partial charge on any atom is -0.360 e. The second kappa shape index (κ2) is 7.24. The highest BCUT2D eigenvalue weighted by atomic mass is 32.2. The summed E-state index contributed by atoms with van der Waals surface area (Å²) in [6.07, 6.45) is 0. The predicted octanol–water partition coefficient (Wildman–Crippen LogP) is 3.62. The highest BCUT2D eigenvalue weighted by molar-refractivity contribution is 8.01. The normalized spacial score (nSPS) is 10.9. The summed E-state index contributed by atoms with van der Waals surface area (Å²) in [6, 6.07) is 6.05. The fourth-order valence-electron chi connectivity index (χ4n) is 1.86. The van der Waals surface area contributed by atoms with E-state index in [0.29, 0.717) is 5.13 Å². The molecule has 0 aliphatic rings. The Labute approximate surface area is 145 Å². The number of carbonyl (C=O) groups excluding carboxylic acids is 1. The van der Waals surface area contributed by atoms with Crippen molar-refractivity contribution in [2.75, 3.05) is 22.9 Å². The first-order valence-corrected chi connectivity index (χ1v) is 9.63. The zero-order chi connectivity index (χ0) is 16.2. The molecule has 0 bridgehead atoms. The minimum absolute atomic E-state index is 0.0917. The molecule has 120 valence electrons. The molecule has 2 aromatic heterocycles. The fraction of sp³-hybridized carbons (Fsp3) is 0.286. The zero-order valence-electron chi connectivity index (χ0n) is 12.6. The minimum atomic E-state index is -0.0917. The van der Waals surface area contributed by atoms with Gasteiger partial charge in [-0.15, -0.1) is 10.2 Å². The lowest BCUT2D eigenvalue weighted by atomic mass is 10.2. The molecule has 2 N–H and O–H groups in total. The molecule has 3 aromatic rings. The number of carbonyl (C=O) groups is 1. The van der Waals surface area contributed by atoms with Crippen molar-refractivity contribution < 1.29 is 4.79 Å². The molecular formula is C14H15N5OS3. The average Bonchev–Trinajstić information content (AvgIpc) is 3.11. The largest absolute Gasteiger partial charge is 0.360 e. The third-order valence-corrected chi connectivity index (χ3v) is 5.80. The second-order valence-electron chi connectivity index (χ2n) is 4.73. The van der Waals surface area contributed by atoms with E-state index in [0.717, 1.165) is 26.2 Å². The molecule has 0 aliphatic carbocycles. The predicted molar refractivity (Wildman–Crippen MR) is 97.8 cm³/mol. The topological polar surface area (TPSA) is 79.8 Å². The number of hydrogen-bond acceptors (Lipinski definition) is 8. The standard InChI is InChI=1S/C14H15N5OS3/c1-3-15-12-18-19-14(23-12)21-7-11(20)17-13-16-9-5-4-8(2)6-10(9)22-13/h4-6H,3,7H2,1-2H3,(H,15,18)(H,16,17,20). The van der Waals surface area contributed by atoms with Crippen LogP contribution in [0.25, 0.3) is 10.2 Å². The van der Waals surface area contributed by atoms with Gasteiger partial charge in [-0.05, 0) is 31.5 Å². The van der Waals surface area contributed by atoms with E-state index in [1.165, 1.54) is 40.0 Å². The van der Waals surface area contributed by atoms with Gasteiger partial charge in [-0.3, -0.25) is 4.79 Å². The van der Waals surface area contributed by atoms with Crippen molar-refractivity contribution >= 4 is 60.8 Å². The van der Waals surface area contributed by atoms with Crippen LogP contribution in [0.3, 0.4) is 0 Å². The number of fused-ring (bicyclic) bond motifs is 1. The van der Waals surface area contributed by atoms with Gasteiger partial charge >= 0.3 is 0 Å². The summed E-state index contributed by atoms with van der Waals surface area (Å²) in [4.78, 5) is 16.5. The third-order valence-electron chi connectivity index (χ3n) is 2.85. The number of aryl methyl sites for hydroxylation is 1. The van der Waals surface area contributed by atoms with E-state index >= 15 is 0 Å². The molecule has 0 saturated heterocycles. The van der Waals surface area contributed by atoms with Gasteiger partial charge in [-0.1, -0.05) is 40.5 Å². The van der Waals surface area contributed by atoms with Crippen molar-refractivity contribution in [1.29, 1.82) is 0 Å². The average molecular weight is 366 g/mol. The van der Waals surface area contributed by atoms with Crippen LogP contribution in [-0.4, -0.2) is 33.4 Å². The van der Waals surface area contributed by atoms with Crippen LogP contribution < -0.4 is 10.6 Å². The maximum Gasteiger partial charge on any atom is 0.236 e. The molecule has 0 saturated carbocycles. The highest BCUT2D eigenvalue weighted by Crippen LogP contribution is 2.28. The Kier molecular flexibility index (Phi) is 5.09. The molecule has 6 nitrogen and oxygen atoms in total. The van der Waals surface area contributed by atoms with Crippen molar-refractivity contribution in [3.8, 4) is 0 Å². The van der Waals surface area contributed by atoms with E-state index in [4.69, 9.17) is 0 Å². The van der Waals surface area contributed by atoms with Crippen LogP contribution in [0.5, 0.6) is 0 Å². The van der Waals surface area contributed by atoms with Crippen LogP contribution in [-0.2, 0) is 4.79 Å². The number of thioether (sulfide) groups is 1. The molecule has 0 aliphatic heterocycles. The number of nitrogens with one attached hydrogen (secondary N) is 2. The first-order valence-electron chi connectivity index (χ1n) is 7.01. The summed E-state index contributed by atoms with van der Waals surface area (Å²) in [5.74, 6) is 0.196. The lowest BCUT2D eigenvalue weighted by Crippen LogP contribution is -2.13. The fourth-order valence-corrected chi connectivity index (χ4v) is 4.46. The molecule has 2 heterocycles. The molecular weight excluding hydrogens is 350 g/mol. The molecule has 0 radical (unpaired) electrons. The van der Waals surface area contributed by atoms with Crippen LogP contribution in [0, 0.1) is 6.92 Å². The SMILES string of the molecule is CCNc1nnc(SCC(=O)Nc2nc3ccc(C)cc3s2)s1. The van der Waals surface area contributed by atoms with Gasteiger partial charge in [0, 0.05) is 6.54 Å². The monoisotopic (exact) mass is 365 g/mol. The molecule has 0 atom stereocenters. The molecule has 0 fully saturated rings. The summed E-state index contributed by atoms with van der Waals surface area (Å²) in [7, 11) is 0. The van der Waals surface area contributed by atoms with E-state index in [-0.39, 0.29) is 11.7 Å². The zero-order valence-corrected chi connectivity index (χ0v) is 15.1. The molecule has 3 rings (SSSR count). The number of nitrogens with zero attached hydrogens (tertiary/aromatic N) is 3. The van der Waals surface area contributed by atoms with Crippen LogP contribution in [0.15, 0.2) is 22.5 Å². The van der Waals surface area contributed by atoms with Crippen molar-refractivity contribution in [1.82, 2.24) is 15.2 Å². The Balaban J connectivity index is 1.57. The number of amides is 1. The Morgan fingerprint density at radius 1 is 1.26 bits per heavy atom. The van der Waals surface area contributed by atoms with E-state index in [9.17, 15) is 4.79 Å². The number of aromatic nitrogens is 3. The summed E-state index contributed by atoms with van der Waals surface area (Å²) >= 11 is 4.31. The van der Waals surface area contributed by atoms with E-state index in [2.05, 4.69) is 31.9 Å². The quantitative estimate of drug-likeness (QED) is 0.650.